The molecule has 0 aliphatic heterocycles. The number of hydrogen-bond donors (Lipinski definition) is 2. The molecule has 0 bridgehead atoms. The number of hydrogen-bond acceptors (Lipinski definition) is 3. The average Bonchev–Trinajstić information content (AvgIpc) is 2.49. The van der Waals surface area contributed by atoms with Crippen LogP contribution in [0.5, 0.6) is 0 Å². The van der Waals surface area contributed by atoms with E-state index in [-0.39, 0.29) is 0 Å². The Labute approximate surface area is 74.2 Å². The third kappa shape index (κ3) is 1.00. The van der Waals surface area contributed by atoms with Gasteiger partial charge < -0.3 is 4.98 Å². The van der Waals surface area contributed by atoms with Crippen molar-refractivity contribution in [1.82, 2.24) is 9.97 Å². The predicted octanol–water partition coefficient (Wildman–Crippen LogP) is 1.66. The molecule has 0 unspecified atom stereocenters. The van der Waals surface area contributed by atoms with Crippen LogP contribution in [0.2, 0.25) is 0 Å². The standard InChI is InChI=1S/C8H6N2OS/c11-4-7-9-5-2-1-3-6(12)8(5)10-7/h1-4,12H,(H,9,10). The number of aldehydes is 1. The zero-order chi connectivity index (χ0) is 8.55. The summed E-state index contributed by atoms with van der Waals surface area (Å²) in [6.45, 7) is 0. The van der Waals surface area contributed by atoms with Crippen LogP contribution in [0.15, 0.2) is 23.1 Å². The van der Waals surface area contributed by atoms with Gasteiger partial charge in [-0.3, -0.25) is 4.79 Å². The number of nitrogens with one attached hydrogen (secondary N) is 1. The normalized spacial score (nSPS) is 10.4. The van der Waals surface area contributed by atoms with Gasteiger partial charge in [-0.05, 0) is 12.1 Å². The number of aromatic nitrogens is 2. The number of carbonyl (C=O) groups is 1. The van der Waals surface area contributed by atoms with Gasteiger partial charge in [0, 0.05) is 4.90 Å². The first-order valence-corrected chi connectivity index (χ1v) is 3.89. The number of para-hydroxylation sites is 1. The molecule has 1 aromatic carbocycles. The lowest BCUT2D eigenvalue weighted by molar-refractivity contribution is 0.111. The maximum Gasteiger partial charge on any atom is 0.185 e. The molecule has 1 aromatic heterocycles. The first kappa shape index (κ1) is 7.36. The molecular formula is C8H6N2OS. The van der Waals surface area contributed by atoms with Crippen LogP contribution in [0.3, 0.4) is 0 Å². The van der Waals surface area contributed by atoms with Gasteiger partial charge in [-0.1, -0.05) is 6.07 Å². The molecule has 0 saturated heterocycles. The van der Waals surface area contributed by atoms with Crippen LogP contribution < -0.4 is 0 Å². The van der Waals surface area contributed by atoms with Crippen LogP contribution in [0, 0.1) is 0 Å². The third-order valence-corrected chi connectivity index (χ3v) is 1.98. The summed E-state index contributed by atoms with van der Waals surface area (Å²) in [4.78, 5) is 18.0. The van der Waals surface area contributed by atoms with E-state index in [1.165, 1.54) is 0 Å². The van der Waals surface area contributed by atoms with E-state index in [1.54, 1.807) is 0 Å². The molecule has 0 spiro atoms. The van der Waals surface area contributed by atoms with E-state index in [0.717, 1.165) is 15.9 Å². The highest BCUT2D eigenvalue weighted by Gasteiger charge is 2.02. The fraction of sp³-hybridized carbons (Fsp3) is 0. The van der Waals surface area contributed by atoms with Gasteiger partial charge in [-0.2, -0.15) is 0 Å². The van der Waals surface area contributed by atoms with Crippen molar-refractivity contribution in [3.63, 3.8) is 0 Å². The predicted molar refractivity (Wildman–Crippen MR) is 48.7 cm³/mol. The maximum absolute atomic E-state index is 10.4. The van der Waals surface area contributed by atoms with Gasteiger partial charge in [0.1, 0.15) is 5.52 Å². The van der Waals surface area contributed by atoms with Crippen molar-refractivity contribution in [2.45, 2.75) is 4.90 Å². The Balaban J connectivity index is 2.82. The minimum atomic E-state index is 0.339. The minimum Gasteiger partial charge on any atom is -0.336 e. The molecular weight excluding hydrogens is 172 g/mol. The van der Waals surface area contributed by atoms with E-state index < -0.39 is 0 Å². The number of aromatic amines is 1. The van der Waals surface area contributed by atoms with E-state index in [2.05, 4.69) is 22.6 Å². The highest BCUT2D eigenvalue weighted by atomic mass is 32.1. The van der Waals surface area contributed by atoms with Crippen molar-refractivity contribution in [2.75, 3.05) is 0 Å². The summed E-state index contributed by atoms with van der Waals surface area (Å²) in [6, 6.07) is 5.55. The van der Waals surface area contributed by atoms with Crippen molar-refractivity contribution in [2.24, 2.45) is 0 Å². The zero-order valence-corrected chi connectivity index (χ0v) is 7.01. The number of carbonyl (C=O) groups excluding carboxylic acids is 1. The highest BCUT2D eigenvalue weighted by molar-refractivity contribution is 7.80. The van der Waals surface area contributed by atoms with Crippen molar-refractivity contribution >= 4 is 29.9 Å². The Morgan fingerprint density at radius 2 is 2.33 bits per heavy atom. The van der Waals surface area contributed by atoms with Gasteiger partial charge in [0.25, 0.3) is 0 Å². The Morgan fingerprint density at radius 3 is 3.00 bits per heavy atom. The fourth-order valence-electron chi connectivity index (χ4n) is 1.09. The fourth-order valence-corrected chi connectivity index (χ4v) is 1.35. The molecule has 0 aliphatic carbocycles. The Hall–Kier alpha value is -1.29. The summed E-state index contributed by atoms with van der Waals surface area (Å²) < 4.78 is 0. The maximum atomic E-state index is 10.4. The van der Waals surface area contributed by atoms with E-state index >= 15 is 0 Å². The SMILES string of the molecule is O=Cc1nc2c(S)cccc2[nH]1. The van der Waals surface area contributed by atoms with Gasteiger partial charge in [-0.25, -0.2) is 4.98 Å². The smallest absolute Gasteiger partial charge is 0.185 e. The first-order chi connectivity index (χ1) is 5.81. The average molecular weight is 178 g/mol. The van der Waals surface area contributed by atoms with E-state index in [1.807, 2.05) is 18.2 Å². The van der Waals surface area contributed by atoms with Gasteiger partial charge in [-0.15, -0.1) is 12.6 Å². The van der Waals surface area contributed by atoms with E-state index in [0.29, 0.717) is 12.1 Å². The second-order valence-corrected chi connectivity index (χ2v) is 2.90. The molecule has 0 radical (unpaired) electrons. The van der Waals surface area contributed by atoms with Crippen molar-refractivity contribution < 1.29 is 4.79 Å². The van der Waals surface area contributed by atoms with Crippen LogP contribution in [0.1, 0.15) is 10.6 Å². The number of imidazole rings is 1. The molecule has 2 aromatic rings. The zero-order valence-electron chi connectivity index (χ0n) is 6.11. The number of H-pyrrole nitrogens is 1. The van der Waals surface area contributed by atoms with E-state index in [9.17, 15) is 4.79 Å². The topological polar surface area (TPSA) is 45.8 Å². The highest BCUT2D eigenvalue weighted by Crippen LogP contribution is 2.18. The largest absolute Gasteiger partial charge is 0.336 e. The number of benzene rings is 1. The van der Waals surface area contributed by atoms with Gasteiger partial charge in [0.2, 0.25) is 0 Å². The van der Waals surface area contributed by atoms with E-state index in [4.69, 9.17) is 0 Å². The van der Waals surface area contributed by atoms with Gasteiger partial charge in [0.15, 0.2) is 12.1 Å². The summed E-state index contributed by atoms with van der Waals surface area (Å²) in [5.41, 5.74) is 1.58. The molecule has 0 amide bonds. The molecule has 1 N–H and O–H groups in total. The van der Waals surface area contributed by atoms with Crippen molar-refractivity contribution in [3.8, 4) is 0 Å². The first-order valence-electron chi connectivity index (χ1n) is 3.44. The Morgan fingerprint density at radius 1 is 1.50 bits per heavy atom. The molecule has 3 nitrogen and oxygen atoms in total. The van der Waals surface area contributed by atoms with Crippen LogP contribution in [0.4, 0.5) is 0 Å². The summed E-state index contributed by atoms with van der Waals surface area (Å²) in [5, 5.41) is 0. The number of fused-ring (bicyclic) bond motifs is 1. The van der Waals surface area contributed by atoms with Crippen LogP contribution in [-0.4, -0.2) is 16.3 Å². The minimum absolute atomic E-state index is 0.339. The Kier molecular flexibility index (Phi) is 1.62. The van der Waals surface area contributed by atoms with Crippen LogP contribution in [0.25, 0.3) is 11.0 Å². The molecule has 4 heteroatoms. The van der Waals surface area contributed by atoms with Gasteiger partial charge in [0.05, 0.1) is 5.52 Å². The summed E-state index contributed by atoms with van der Waals surface area (Å²) >= 11 is 4.20. The lowest BCUT2D eigenvalue weighted by Crippen LogP contribution is -1.79. The summed E-state index contributed by atoms with van der Waals surface area (Å²) in [6.07, 6.45) is 0.688. The molecule has 0 aliphatic rings. The second kappa shape index (κ2) is 2.64. The monoisotopic (exact) mass is 178 g/mol. The van der Waals surface area contributed by atoms with Crippen molar-refractivity contribution in [3.05, 3.63) is 24.0 Å². The molecule has 0 saturated carbocycles. The molecule has 1 heterocycles. The number of nitrogens with zero attached hydrogens (tertiary/aromatic N) is 1. The quantitative estimate of drug-likeness (QED) is 0.515. The number of rotatable bonds is 1. The van der Waals surface area contributed by atoms with Crippen LogP contribution >= 0.6 is 12.6 Å². The third-order valence-electron chi connectivity index (χ3n) is 1.62. The lowest BCUT2D eigenvalue weighted by atomic mass is 10.3. The molecule has 2 rings (SSSR count). The number of thiol groups is 1. The van der Waals surface area contributed by atoms with Gasteiger partial charge >= 0.3 is 0 Å². The lowest BCUT2D eigenvalue weighted by Gasteiger charge is -1.89. The summed E-state index contributed by atoms with van der Waals surface area (Å²) in [5.74, 6) is 0.339. The molecule has 0 fully saturated rings. The Bertz CT molecular complexity index is 436. The second-order valence-electron chi connectivity index (χ2n) is 2.41. The molecule has 12 heavy (non-hydrogen) atoms. The van der Waals surface area contributed by atoms with Crippen molar-refractivity contribution in [1.29, 1.82) is 0 Å². The summed E-state index contributed by atoms with van der Waals surface area (Å²) in [7, 11) is 0. The molecule has 0 atom stereocenters. The molecule has 60 valence electrons. The van der Waals surface area contributed by atoms with Crippen LogP contribution in [-0.2, 0) is 0 Å².